The van der Waals surface area contributed by atoms with Crippen molar-refractivity contribution in [2.75, 3.05) is 6.61 Å². The highest BCUT2D eigenvalue weighted by molar-refractivity contribution is 5.93. The van der Waals surface area contributed by atoms with E-state index in [1.807, 2.05) is 58.2 Å². The molecule has 8 heteroatoms. The first-order valence-electron chi connectivity index (χ1n) is 10.0. The number of pyridine rings is 1. The Morgan fingerprint density at radius 1 is 1.19 bits per heavy atom. The number of carbonyl (C=O) groups excluding carboxylic acids is 1. The third-order valence-corrected chi connectivity index (χ3v) is 5.16. The van der Waals surface area contributed by atoms with E-state index < -0.39 is 0 Å². The molecule has 0 bridgehead atoms. The van der Waals surface area contributed by atoms with Crippen LogP contribution in [0.5, 0.6) is 5.88 Å². The number of amides is 1. The lowest BCUT2D eigenvalue weighted by Crippen LogP contribution is -2.31. The molecule has 0 saturated heterocycles. The summed E-state index contributed by atoms with van der Waals surface area (Å²) in [6.07, 6.45) is 4.93. The van der Waals surface area contributed by atoms with E-state index in [9.17, 15) is 4.79 Å². The number of hydrogen-bond donors (Lipinski definition) is 1. The number of nitrogens with zero attached hydrogens (tertiary/aromatic N) is 5. The number of fused-ring (bicyclic) bond motifs is 1. The van der Waals surface area contributed by atoms with Crippen LogP contribution in [0.15, 0.2) is 48.9 Å². The molecule has 3 aromatic heterocycles. The first kappa shape index (κ1) is 20.5. The molecule has 1 unspecified atom stereocenters. The van der Waals surface area contributed by atoms with Crippen LogP contribution < -0.4 is 10.1 Å². The van der Waals surface area contributed by atoms with E-state index in [0.717, 1.165) is 22.1 Å². The Hall–Kier alpha value is -3.81. The number of aryl methyl sites for hydroxylation is 3. The number of carbonyl (C=O) groups is 1. The SMILES string of the molecule is Cc1ccccc1C(C)NC(=O)COc1cc(C)c2c(-c3cnccn3)nn(C)c2n1. The Bertz CT molecular complexity index is 1240. The first-order chi connectivity index (χ1) is 14.9. The number of aromatic nitrogens is 5. The van der Waals surface area contributed by atoms with Crippen molar-refractivity contribution in [3.63, 3.8) is 0 Å². The van der Waals surface area contributed by atoms with E-state index in [2.05, 4.69) is 25.4 Å². The van der Waals surface area contributed by atoms with Crippen molar-refractivity contribution in [1.29, 1.82) is 0 Å². The van der Waals surface area contributed by atoms with Gasteiger partial charge in [0.05, 0.1) is 17.6 Å². The van der Waals surface area contributed by atoms with Crippen LogP contribution in [0, 0.1) is 13.8 Å². The average molecular weight is 416 g/mol. The second-order valence-electron chi connectivity index (χ2n) is 7.47. The largest absolute Gasteiger partial charge is 0.468 e. The van der Waals surface area contributed by atoms with Gasteiger partial charge in [-0.3, -0.25) is 14.8 Å². The molecule has 0 aliphatic rings. The molecule has 3 heterocycles. The lowest BCUT2D eigenvalue weighted by molar-refractivity contribution is -0.123. The van der Waals surface area contributed by atoms with E-state index in [1.165, 1.54) is 0 Å². The van der Waals surface area contributed by atoms with Gasteiger partial charge >= 0.3 is 0 Å². The Labute approximate surface area is 180 Å². The molecule has 1 N–H and O–H groups in total. The van der Waals surface area contributed by atoms with E-state index in [0.29, 0.717) is 22.9 Å². The molecule has 1 aromatic carbocycles. The fraction of sp³-hybridized carbons (Fsp3) is 0.261. The van der Waals surface area contributed by atoms with Crippen LogP contribution in [0.1, 0.15) is 29.7 Å². The topological polar surface area (TPSA) is 94.8 Å². The molecule has 0 radical (unpaired) electrons. The molecular formula is C23H24N6O2. The molecule has 31 heavy (non-hydrogen) atoms. The van der Waals surface area contributed by atoms with E-state index >= 15 is 0 Å². The number of nitrogens with one attached hydrogen (secondary N) is 1. The summed E-state index contributed by atoms with van der Waals surface area (Å²) in [7, 11) is 1.81. The summed E-state index contributed by atoms with van der Waals surface area (Å²) in [6, 6.07) is 9.68. The molecule has 1 amide bonds. The van der Waals surface area contributed by atoms with Crippen molar-refractivity contribution >= 4 is 16.9 Å². The van der Waals surface area contributed by atoms with Crippen LogP contribution in [0.25, 0.3) is 22.4 Å². The summed E-state index contributed by atoms with van der Waals surface area (Å²) in [5, 5.41) is 8.41. The summed E-state index contributed by atoms with van der Waals surface area (Å²) in [6.45, 7) is 5.82. The van der Waals surface area contributed by atoms with E-state index in [4.69, 9.17) is 4.74 Å². The summed E-state index contributed by atoms with van der Waals surface area (Å²) in [5.41, 5.74) is 5.20. The maximum atomic E-state index is 12.4. The van der Waals surface area contributed by atoms with E-state index in [1.54, 1.807) is 23.3 Å². The summed E-state index contributed by atoms with van der Waals surface area (Å²) in [4.78, 5) is 25.4. The van der Waals surface area contributed by atoms with Crippen LogP contribution in [0.3, 0.4) is 0 Å². The predicted molar refractivity (Wildman–Crippen MR) is 118 cm³/mol. The van der Waals surface area contributed by atoms with Gasteiger partial charge in [0.1, 0.15) is 11.4 Å². The Kier molecular flexibility index (Phi) is 5.62. The van der Waals surface area contributed by atoms with Gasteiger partial charge in [-0.1, -0.05) is 24.3 Å². The van der Waals surface area contributed by atoms with Gasteiger partial charge < -0.3 is 10.1 Å². The number of ether oxygens (including phenoxy) is 1. The molecule has 0 saturated carbocycles. The highest BCUT2D eigenvalue weighted by atomic mass is 16.5. The summed E-state index contributed by atoms with van der Waals surface area (Å²) in [5.74, 6) is 0.165. The normalized spacial score (nSPS) is 12.0. The van der Waals surface area contributed by atoms with Gasteiger partial charge in [0.25, 0.3) is 5.91 Å². The monoisotopic (exact) mass is 416 g/mol. The van der Waals surface area contributed by atoms with Gasteiger partial charge in [-0.2, -0.15) is 10.1 Å². The minimum atomic E-state index is -0.208. The molecule has 4 aromatic rings. The van der Waals surface area contributed by atoms with Gasteiger partial charge in [0.15, 0.2) is 12.3 Å². The highest BCUT2D eigenvalue weighted by Crippen LogP contribution is 2.29. The smallest absolute Gasteiger partial charge is 0.258 e. The van der Waals surface area contributed by atoms with E-state index in [-0.39, 0.29) is 18.6 Å². The van der Waals surface area contributed by atoms with Crippen LogP contribution in [0.2, 0.25) is 0 Å². The van der Waals surface area contributed by atoms with Gasteiger partial charge in [0, 0.05) is 25.5 Å². The fourth-order valence-electron chi connectivity index (χ4n) is 3.65. The third-order valence-electron chi connectivity index (χ3n) is 5.16. The maximum Gasteiger partial charge on any atom is 0.258 e. The first-order valence-corrected chi connectivity index (χ1v) is 10.0. The highest BCUT2D eigenvalue weighted by Gasteiger charge is 2.18. The van der Waals surface area contributed by atoms with Crippen molar-refractivity contribution in [3.05, 3.63) is 65.6 Å². The number of benzene rings is 1. The molecular weight excluding hydrogens is 392 g/mol. The predicted octanol–water partition coefficient (Wildman–Crippen LogP) is 3.30. The number of rotatable bonds is 6. The quantitative estimate of drug-likeness (QED) is 0.518. The standard InChI is InChI=1S/C23H24N6O2/c1-14-7-5-6-8-17(14)16(3)26-19(30)13-31-20-11-15(2)21-22(18-12-24-9-10-25-18)28-29(4)23(21)27-20/h5-12,16H,13H2,1-4H3,(H,26,30). The Morgan fingerprint density at radius 3 is 2.74 bits per heavy atom. The fourth-order valence-corrected chi connectivity index (χ4v) is 3.65. The Morgan fingerprint density at radius 2 is 2.00 bits per heavy atom. The average Bonchev–Trinajstić information content (AvgIpc) is 3.10. The Balaban J connectivity index is 1.50. The zero-order valence-corrected chi connectivity index (χ0v) is 18.0. The van der Waals surface area contributed by atoms with Crippen molar-refractivity contribution in [1.82, 2.24) is 30.0 Å². The van der Waals surface area contributed by atoms with Gasteiger partial charge in [0.2, 0.25) is 5.88 Å². The zero-order chi connectivity index (χ0) is 22.0. The van der Waals surface area contributed by atoms with Gasteiger partial charge in [-0.15, -0.1) is 0 Å². The molecule has 0 aliphatic heterocycles. The molecule has 8 nitrogen and oxygen atoms in total. The maximum absolute atomic E-state index is 12.4. The van der Waals surface area contributed by atoms with Crippen molar-refractivity contribution in [2.24, 2.45) is 7.05 Å². The van der Waals surface area contributed by atoms with Crippen LogP contribution in [-0.2, 0) is 11.8 Å². The minimum absolute atomic E-state index is 0.110. The molecule has 158 valence electrons. The lowest BCUT2D eigenvalue weighted by Gasteiger charge is -2.16. The minimum Gasteiger partial charge on any atom is -0.468 e. The van der Waals surface area contributed by atoms with Gasteiger partial charge in [-0.25, -0.2) is 4.68 Å². The van der Waals surface area contributed by atoms with Gasteiger partial charge in [-0.05, 0) is 37.5 Å². The molecule has 1 atom stereocenters. The molecule has 0 fully saturated rings. The van der Waals surface area contributed by atoms with Crippen molar-refractivity contribution < 1.29 is 9.53 Å². The van der Waals surface area contributed by atoms with Crippen LogP contribution in [-0.4, -0.2) is 37.2 Å². The molecule has 0 spiro atoms. The molecule has 0 aliphatic carbocycles. The third kappa shape index (κ3) is 4.23. The molecule has 4 rings (SSSR count). The second kappa shape index (κ2) is 8.51. The lowest BCUT2D eigenvalue weighted by atomic mass is 10.0. The number of hydrogen-bond acceptors (Lipinski definition) is 6. The zero-order valence-electron chi connectivity index (χ0n) is 18.0. The van der Waals surface area contributed by atoms with Crippen LogP contribution in [0.4, 0.5) is 0 Å². The summed E-state index contributed by atoms with van der Waals surface area (Å²) >= 11 is 0. The van der Waals surface area contributed by atoms with Crippen LogP contribution >= 0.6 is 0 Å². The van der Waals surface area contributed by atoms with Crippen molar-refractivity contribution in [2.45, 2.75) is 26.8 Å². The summed E-state index contributed by atoms with van der Waals surface area (Å²) < 4.78 is 7.38. The second-order valence-corrected chi connectivity index (χ2v) is 7.47. The van der Waals surface area contributed by atoms with Crippen molar-refractivity contribution in [3.8, 4) is 17.3 Å².